The number of nitrogens with one attached hydrogen (secondary N) is 1. The number of piperidine rings is 1. The molecule has 1 saturated heterocycles. The second-order valence-electron chi connectivity index (χ2n) is 5.58. The van der Waals surface area contributed by atoms with Gasteiger partial charge in [-0.15, -0.1) is 0 Å². The summed E-state index contributed by atoms with van der Waals surface area (Å²) in [6, 6.07) is 5.55. The van der Waals surface area contributed by atoms with E-state index in [1.165, 1.54) is 18.2 Å². The van der Waals surface area contributed by atoms with Crippen molar-refractivity contribution in [2.75, 3.05) is 18.8 Å². The van der Waals surface area contributed by atoms with Gasteiger partial charge in [0.2, 0.25) is 5.91 Å². The average molecular weight is 324 g/mol. The van der Waals surface area contributed by atoms with Crippen molar-refractivity contribution >= 4 is 40.3 Å². The number of aromatic amines is 1. The van der Waals surface area contributed by atoms with Gasteiger partial charge < -0.3 is 9.88 Å². The number of likely N-dealkylation sites (tertiary alicyclic amines) is 1. The van der Waals surface area contributed by atoms with Crippen LogP contribution in [0.25, 0.3) is 11.0 Å². The number of hydrogen-bond acceptors (Lipinski definition) is 3. The number of amides is 1. The third-order valence-corrected chi connectivity index (χ3v) is 4.86. The molecule has 0 bridgehead atoms. The summed E-state index contributed by atoms with van der Waals surface area (Å²) in [7, 11) is 0. The molecule has 1 aromatic carbocycles. The highest BCUT2D eigenvalue weighted by Gasteiger charge is 2.21. The van der Waals surface area contributed by atoms with E-state index < -0.39 is 0 Å². The number of rotatable bonds is 3. The monoisotopic (exact) mass is 323 g/mol. The molecule has 0 aliphatic carbocycles. The van der Waals surface area contributed by atoms with E-state index in [1.807, 2.05) is 23.1 Å². The van der Waals surface area contributed by atoms with Gasteiger partial charge in [-0.05, 0) is 37.0 Å². The number of H-pyrrole nitrogens is 1. The largest absolute Gasteiger partial charge is 0.342 e. The average Bonchev–Trinajstić information content (AvgIpc) is 2.86. The molecule has 2 heterocycles. The molecule has 3 rings (SSSR count). The van der Waals surface area contributed by atoms with Crippen LogP contribution in [-0.4, -0.2) is 39.6 Å². The number of nitrogens with zero attached hydrogens (tertiary/aromatic N) is 2. The van der Waals surface area contributed by atoms with E-state index in [0.717, 1.165) is 35.7 Å². The highest BCUT2D eigenvalue weighted by Crippen LogP contribution is 2.23. The topological polar surface area (TPSA) is 49.0 Å². The Morgan fingerprint density at radius 3 is 3.24 bits per heavy atom. The van der Waals surface area contributed by atoms with Crippen LogP contribution < -0.4 is 0 Å². The first kappa shape index (κ1) is 14.7. The molecule has 2 aromatic rings. The van der Waals surface area contributed by atoms with Gasteiger partial charge in [-0.1, -0.05) is 30.3 Å². The van der Waals surface area contributed by atoms with Gasteiger partial charge in [0.05, 0.1) is 16.8 Å². The normalized spacial score (nSPS) is 19.1. The van der Waals surface area contributed by atoms with Crippen molar-refractivity contribution < 1.29 is 4.79 Å². The van der Waals surface area contributed by atoms with E-state index in [9.17, 15) is 4.79 Å². The molecule has 1 aliphatic rings. The number of imidazole rings is 1. The molecule has 21 heavy (non-hydrogen) atoms. The van der Waals surface area contributed by atoms with Crippen molar-refractivity contribution in [3.05, 3.63) is 23.2 Å². The lowest BCUT2D eigenvalue weighted by Gasteiger charge is -2.30. The minimum Gasteiger partial charge on any atom is -0.342 e. The summed E-state index contributed by atoms with van der Waals surface area (Å²) in [6.45, 7) is 3.98. The number of fused-ring (bicyclic) bond motifs is 1. The highest BCUT2D eigenvalue weighted by atomic mass is 35.5. The van der Waals surface area contributed by atoms with Crippen LogP contribution in [0.3, 0.4) is 0 Å². The molecule has 4 nitrogen and oxygen atoms in total. The van der Waals surface area contributed by atoms with E-state index >= 15 is 0 Å². The van der Waals surface area contributed by atoms with E-state index in [1.54, 1.807) is 0 Å². The van der Waals surface area contributed by atoms with Gasteiger partial charge in [0, 0.05) is 18.1 Å². The van der Waals surface area contributed by atoms with E-state index in [4.69, 9.17) is 11.6 Å². The molecule has 1 N–H and O–H groups in total. The number of halogens is 1. The summed E-state index contributed by atoms with van der Waals surface area (Å²) in [6.07, 6.45) is 2.34. The van der Waals surface area contributed by atoms with Gasteiger partial charge in [-0.2, -0.15) is 0 Å². The molecule has 6 heteroatoms. The molecular formula is C15H18ClN3OS. The molecule has 1 amide bonds. The van der Waals surface area contributed by atoms with Crippen LogP contribution in [-0.2, 0) is 4.79 Å². The SMILES string of the molecule is CC1CCCN(C(=O)CSc2nc3ccc(Cl)cc3[nH]2)C1. The first-order valence-corrected chi connectivity index (χ1v) is 8.54. The zero-order chi connectivity index (χ0) is 14.8. The van der Waals surface area contributed by atoms with Crippen molar-refractivity contribution in [2.24, 2.45) is 5.92 Å². The Bertz CT molecular complexity index is 657. The van der Waals surface area contributed by atoms with Crippen LogP contribution in [0.1, 0.15) is 19.8 Å². The van der Waals surface area contributed by atoms with Crippen molar-refractivity contribution in [1.29, 1.82) is 0 Å². The lowest BCUT2D eigenvalue weighted by molar-refractivity contribution is -0.130. The second kappa shape index (κ2) is 6.28. The van der Waals surface area contributed by atoms with E-state index in [-0.39, 0.29) is 5.91 Å². The zero-order valence-electron chi connectivity index (χ0n) is 11.9. The summed E-state index contributed by atoms with van der Waals surface area (Å²) >= 11 is 7.41. The van der Waals surface area contributed by atoms with Gasteiger partial charge in [-0.25, -0.2) is 4.98 Å². The number of hydrogen-bond donors (Lipinski definition) is 1. The number of benzene rings is 1. The highest BCUT2D eigenvalue weighted by molar-refractivity contribution is 7.99. The molecule has 0 radical (unpaired) electrons. The Balaban J connectivity index is 1.61. The fourth-order valence-corrected chi connectivity index (χ4v) is 3.62. The number of thioether (sulfide) groups is 1. The summed E-state index contributed by atoms with van der Waals surface area (Å²) < 4.78 is 0. The molecule has 1 unspecified atom stereocenters. The van der Waals surface area contributed by atoms with Gasteiger partial charge in [-0.3, -0.25) is 4.79 Å². The minimum atomic E-state index is 0.199. The first-order chi connectivity index (χ1) is 10.1. The zero-order valence-corrected chi connectivity index (χ0v) is 13.5. The number of aromatic nitrogens is 2. The maximum atomic E-state index is 12.2. The van der Waals surface area contributed by atoms with Crippen molar-refractivity contribution in [2.45, 2.75) is 24.9 Å². The third kappa shape index (κ3) is 3.52. The molecule has 0 spiro atoms. The van der Waals surface area contributed by atoms with Gasteiger partial charge in [0.1, 0.15) is 0 Å². The molecule has 1 aromatic heterocycles. The maximum absolute atomic E-state index is 12.2. The van der Waals surface area contributed by atoms with E-state index in [2.05, 4.69) is 16.9 Å². The van der Waals surface area contributed by atoms with Gasteiger partial charge >= 0.3 is 0 Å². The second-order valence-corrected chi connectivity index (χ2v) is 6.98. The Morgan fingerprint density at radius 2 is 2.43 bits per heavy atom. The maximum Gasteiger partial charge on any atom is 0.233 e. The van der Waals surface area contributed by atoms with E-state index in [0.29, 0.717) is 16.7 Å². The number of carbonyl (C=O) groups excluding carboxylic acids is 1. The summed E-state index contributed by atoms with van der Waals surface area (Å²) in [4.78, 5) is 21.9. The summed E-state index contributed by atoms with van der Waals surface area (Å²) in [5, 5.41) is 1.45. The Kier molecular flexibility index (Phi) is 4.40. The van der Waals surface area contributed by atoms with Crippen LogP contribution >= 0.6 is 23.4 Å². The van der Waals surface area contributed by atoms with Crippen molar-refractivity contribution in [1.82, 2.24) is 14.9 Å². The molecular weight excluding hydrogens is 306 g/mol. The predicted octanol–water partition coefficient (Wildman–Crippen LogP) is 3.57. The smallest absolute Gasteiger partial charge is 0.233 e. The molecule has 112 valence electrons. The molecule has 1 fully saturated rings. The summed E-state index contributed by atoms with van der Waals surface area (Å²) in [5.74, 6) is 1.24. The lowest BCUT2D eigenvalue weighted by atomic mass is 10.0. The minimum absolute atomic E-state index is 0.199. The quantitative estimate of drug-likeness (QED) is 0.878. The van der Waals surface area contributed by atoms with Gasteiger partial charge in [0.25, 0.3) is 0 Å². The van der Waals surface area contributed by atoms with Gasteiger partial charge in [0.15, 0.2) is 5.16 Å². The molecule has 1 atom stereocenters. The fraction of sp³-hybridized carbons (Fsp3) is 0.467. The first-order valence-electron chi connectivity index (χ1n) is 7.17. The van der Waals surface area contributed by atoms with Crippen molar-refractivity contribution in [3.63, 3.8) is 0 Å². The fourth-order valence-electron chi connectivity index (χ4n) is 2.66. The van der Waals surface area contributed by atoms with Crippen LogP contribution in [0, 0.1) is 5.92 Å². The van der Waals surface area contributed by atoms with Crippen LogP contribution in [0.2, 0.25) is 5.02 Å². The molecule has 0 saturated carbocycles. The van der Waals surface area contributed by atoms with Crippen LogP contribution in [0.15, 0.2) is 23.4 Å². The molecule has 1 aliphatic heterocycles. The Labute approximate surface area is 133 Å². The van der Waals surface area contributed by atoms with Crippen LogP contribution in [0.5, 0.6) is 0 Å². The predicted molar refractivity (Wildman–Crippen MR) is 86.8 cm³/mol. The van der Waals surface area contributed by atoms with Crippen LogP contribution in [0.4, 0.5) is 0 Å². The Morgan fingerprint density at radius 1 is 1.57 bits per heavy atom. The van der Waals surface area contributed by atoms with Crippen molar-refractivity contribution in [3.8, 4) is 0 Å². The lowest BCUT2D eigenvalue weighted by Crippen LogP contribution is -2.40. The Hall–Kier alpha value is -1.20. The summed E-state index contributed by atoms with van der Waals surface area (Å²) in [5.41, 5.74) is 1.78. The third-order valence-electron chi connectivity index (χ3n) is 3.76. The number of carbonyl (C=O) groups is 1. The standard InChI is InChI=1S/C15H18ClN3OS/c1-10-3-2-6-19(8-10)14(20)9-21-15-17-12-5-4-11(16)7-13(12)18-15/h4-5,7,10H,2-3,6,8-9H2,1H3,(H,17,18).